The molecule has 1 aromatic heterocycles. The van der Waals surface area contributed by atoms with Gasteiger partial charge in [-0.05, 0) is 36.6 Å². The Kier molecular flexibility index (Phi) is 5.04. The van der Waals surface area contributed by atoms with Crippen LogP contribution in [-0.2, 0) is 6.42 Å². The Hall–Kier alpha value is 0.180. The topological polar surface area (TPSA) is 0 Å². The van der Waals surface area contributed by atoms with Crippen LogP contribution in [0.1, 0.15) is 31.6 Å². The fourth-order valence-electron chi connectivity index (χ4n) is 1.41. The molecule has 0 N–H and O–H groups in total. The molecule has 0 nitrogen and oxygen atoms in total. The van der Waals surface area contributed by atoms with Gasteiger partial charge in [0.15, 0.2) is 0 Å². The van der Waals surface area contributed by atoms with Crippen molar-refractivity contribution in [3.8, 4) is 0 Å². The lowest BCUT2D eigenvalue weighted by Gasteiger charge is -2.15. The maximum absolute atomic E-state index is 3.71. The highest BCUT2D eigenvalue weighted by molar-refractivity contribution is 9.09. The average molecular weight is 261 g/mol. The molecule has 1 rings (SSSR count). The minimum absolute atomic E-state index is 0.687. The number of rotatable bonds is 5. The largest absolute Gasteiger partial charge is 0.149 e. The van der Waals surface area contributed by atoms with E-state index in [0.717, 1.165) is 5.92 Å². The lowest BCUT2D eigenvalue weighted by molar-refractivity contribution is 0.508. The number of halogens is 1. The Morgan fingerprint density at radius 1 is 1.54 bits per heavy atom. The standard InChI is InChI=1S/C11H17BrS/c1-3-11(12)9(2)6-7-10-5-4-8-13-10/h4-5,8-9,11H,3,6-7H2,1-2H3. The Labute approximate surface area is 93.5 Å². The minimum Gasteiger partial charge on any atom is -0.149 e. The minimum atomic E-state index is 0.687. The summed E-state index contributed by atoms with van der Waals surface area (Å²) in [5.74, 6) is 0.784. The zero-order chi connectivity index (χ0) is 9.68. The zero-order valence-electron chi connectivity index (χ0n) is 8.29. The number of alkyl halides is 1. The molecule has 0 saturated heterocycles. The van der Waals surface area contributed by atoms with Crippen LogP contribution in [0.15, 0.2) is 17.5 Å². The van der Waals surface area contributed by atoms with Gasteiger partial charge in [0.25, 0.3) is 0 Å². The molecule has 2 atom stereocenters. The summed E-state index contributed by atoms with van der Waals surface area (Å²) < 4.78 is 0. The molecule has 0 saturated carbocycles. The lowest BCUT2D eigenvalue weighted by Crippen LogP contribution is -2.10. The van der Waals surface area contributed by atoms with Crippen LogP contribution < -0.4 is 0 Å². The molecule has 1 aromatic rings. The van der Waals surface area contributed by atoms with Crippen LogP contribution in [0.25, 0.3) is 0 Å². The molecule has 2 heteroatoms. The maximum atomic E-state index is 3.71. The quantitative estimate of drug-likeness (QED) is 0.685. The first-order valence-electron chi connectivity index (χ1n) is 4.90. The highest BCUT2D eigenvalue weighted by Gasteiger charge is 2.11. The van der Waals surface area contributed by atoms with Crippen molar-refractivity contribution >= 4 is 27.3 Å². The van der Waals surface area contributed by atoms with Crippen LogP contribution in [-0.4, -0.2) is 4.83 Å². The summed E-state index contributed by atoms with van der Waals surface area (Å²) >= 11 is 5.58. The highest BCUT2D eigenvalue weighted by Crippen LogP contribution is 2.22. The van der Waals surface area contributed by atoms with E-state index in [1.54, 1.807) is 0 Å². The van der Waals surface area contributed by atoms with Gasteiger partial charge in [0, 0.05) is 9.70 Å². The van der Waals surface area contributed by atoms with Crippen LogP contribution in [0.3, 0.4) is 0 Å². The summed E-state index contributed by atoms with van der Waals surface area (Å²) in [6, 6.07) is 4.36. The smallest absolute Gasteiger partial charge is 0.0168 e. The van der Waals surface area contributed by atoms with Crippen LogP contribution >= 0.6 is 27.3 Å². The summed E-state index contributed by atoms with van der Waals surface area (Å²) in [7, 11) is 0. The molecule has 0 spiro atoms. The molecule has 0 amide bonds. The monoisotopic (exact) mass is 260 g/mol. The van der Waals surface area contributed by atoms with Crippen LogP contribution in [0.2, 0.25) is 0 Å². The fraction of sp³-hybridized carbons (Fsp3) is 0.636. The second-order valence-corrected chi connectivity index (χ2v) is 5.73. The van der Waals surface area contributed by atoms with Crippen molar-refractivity contribution in [2.75, 3.05) is 0 Å². The second-order valence-electron chi connectivity index (χ2n) is 3.52. The summed E-state index contributed by atoms with van der Waals surface area (Å²) in [6.07, 6.45) is 3.76. The van der Waals surface area contributed by atoms with Crippen LogP contribution in [0.5, 0.6) is 0 Å². The van der Waals surface area contributed by atoms with E-state index >= 15 is 0 Å². The Bertz CT molecular complexity index is 218. The van der Waals surface area contributed by atoms with Gasteiger partial charge < -0.3 is 0 Å². The molecule has 0 bridgehead atoms. The molecule has 1 heterocycles. The van der Waals surface area contributed by atoms with E-state index in [0.29, 0.717) is 4.83 Å². The van der Waals surface area contributed by atoms with E-state index < -0.39 is 0 Å². The predicted molar refractivity (Wildman–Crippen MR) is 64.8 cm³/mol. The fourth-order valence-corrected chi connectivity index (χ4v) is 2.40. The SMILES string of the molecule is CCC(Br)C(C)CCc1cccs1. The first-order chi connectivity index (χ1) is 6.24. The van der Waals surface area contributed by atoms with Crippen molar-refractivity contribution < 1.29 is 0 Å². The van der Waals surface area contributed by atoms with E-state index in [4.69, 9.17) is 0 Å². The lowest BCUT2D eigenvalue weighted by atomic mass is 10.00. The van der Waals surface area contributed by atoms with Gasteiger partial charge in [0.1, 0.15) is 0 Å². The van der Waals surface area contributed by atoms with E-state index in [1.807, 2.05) is 11.3 Å². The third kappa shape index (κ3) is 3.82. The van der Waals surface area contributed by atoms with Gasteiger partial charge in [-0.25, -0.2) is 0 Å². The van der Waals surface area contributed by atoms with Crippen molar-refractivity contribution in [2.24, 2.45) is 5.92 Å². The maximum Gasteiger partial charge on any atom is 0.0168 e. The molecule has 0 aliphatic heterocycles. The Balaban J connectivity index is 2.26. The summed E-state index contributed by atoms with van der Waals surface area (Å²) in [5.41, 5.74) is 0. The van der Waals surface area contributed by atoms with E-state index in [9.17, 15) is 0 Å². The molecular formula is C11H17BrS. The molecule has 74 valence electrons. The molecule has 13 heavy (non-hydrogen) atoms. The van der Waals surface area contributed by atoms with Crippen LogP contribution in [0, 0.1) is 5.92 Å². The predicted octanol–water partition coefficient (Wildman–Crippen LogP) is 4.49. The molecule has 0 radical (unpaired) electrons. The molecular weight excluding hydrogens is 244 g/mol. The number of hydrogen-bond acceptors (Lipinski definition) is 1. The average Bonchev–Trinajstić information content (AvgIpc) is 2.65. The number of hydrogen-bond donors (Lipinski definition) is 0. The number of thiophene rings is 1. The van der Waals surface area contributed by atoms with Crippen molar-refractivity contribution in [1.82, 2.24) is 0 Å². The van der Waals surface area contributed by atoms with Gasteiger partial charge in [-0.15, -0.1) is 11.3 Å². The first kappa shape index (κ1) is 11.3. The van der Waals surface area contributed by atoms with E-state index in [-0.39, 0.29) is 0 Å². The molecule has 0 aliphatic rings. The van der Waals surface area contributed by atoms with Gasteiger partial charge in [-0.1, -0.05) is 35.8 Å². The van der Waals surface area contributed by atoms with Gasteiger partial charge in [-0.2, -0.15) is 0 Å². The van der Waals surface area contributed by atoms with Gasteiger partial charge in [0.2, 0.25) is 0 Å². The van der Waals surface area contributed by atoms with Crippen LogP contribution in [0.4, 0.5) is 0 Å². The third-order valence-electron chi connectivity index (χ3n) is 2.43. The third-order valence-corrected chi connectivity index (χ3v) is 4.92. The molecule has 0 aliphatic carbocycles. The van der Waals surface area contributed by atoms with Crippen molar-refractivity contribution in [3.05, 3.63) is 22.4 Å². The van der Waals surface area contributed by atoms with Gasteiger partial charge >= 0.3 is 0 Å². The highest BCUT2D eigenvalue weighted by atomic mass is 79.9. The first-order valence-corrected chi connectivity index (χ1v) is 6.70. The summed E-state index contributed by atoms with van der Waals surface area (Å²) in [5, 5.41) is 2.16. The second kappa shape index (κ2) is 5.82. The molecule has 0 aromatic carbocycles. The van der Waals surface area contributed by atoms with Gasteiger partial charge in [-0.3, -0.25) is 0 Å². The van der Waals surface area contributed by atoms with E-state index in [2.05, 4.69) is 47.3 Å². The zero-order valence-corrected chi connectivity index (χ0v) is 10.7. The number of aryl methyl sites for hydroxylation is 1. The van der Waals surface area contributed by atoms with Crippen molar-refractivity contribution in [3.63, 3.8) is 0 Å². The molecule has 0 fully saturated rings. The summed E-state index contributed by atoms with van der Waals surface area (Å²) in [6.45, 7) is 4.57. The van der Waals surface area contributed by atoms with E-state index in [1.165, 1.54) is 24.1 Å². The van der Waals surface area contributed by atoms with Gasteiger partial charge in [0.05, 0.1) is 0 Å². The Morgan fingerprint density at radius 3 is 2.85 bits per heavy atom. The summed E-state index contributed by atoms with van der Waals surface area (Å²) in [4.78, 5) is 2.20. The normalized spacial score (nSPS) is 15.6. The molecule has 2 unspecified atom stereocenters. The van der Waals surface area contributed by atoms with Crippen molar-refractivity contribution in [2.45, 2.75) is 37.9 Å². The Morgan fingerprint density at radius 2 is 2.31 bits per heavy atom. The van der Waals surface area contributed by atoms with Crippen molar-refractivity contribution in [1.29, 1.82) is 0 Å².